The number of fused-ring (bicyclic) bond motifs is 1. The molecule has 0 saturated heterocycles. The van der Waals surface area contributed by atoms with E-state index >= 15 is 0 Å². The molecule has 0 saturated carbocycles. The topological polar surface area (TPSA) is 13.1 Å². The van der Waals surface area contributed by atoms with Crippen molar-refractivity contribution in [1.82, 2.24) is 0 Å². The summed E-state index contributed by atoms with van der Waals surface area (Å²) in [6, 6.07) is 10.3. The van der Waals surface area contributed by atoms with E-state index in [1.165, 1.54) is 10.9 Å². The van der Waals surface area contributed by atoms with Gasteiger partial charge in [0, 0.05) is 12.1 Å². The molecule has 2 nitrogen and oxygen atoms in total. The van der Waals surface area contributed by atoms with Crippen molar-refractivity contribution in [3.63, 3.8) is 0 Å². The monoisotopic (exact) mass is 188 g/mol. The van der Waals surface area contributed by atoms with E-state index in [2.05, 4.69) is 22.8 Å². The van der Waals surface area contributed by atoms with Gasteiger partial charge < -0.3 is 4.74 Å². The molecular formula is C12H14NO+. The molecule has 2 rings (SSSR count). The average molecular weight is 188 g/mol. The molecule has 1 heterocycles. The van der Waals surface area contributed by atoms with E-state index in [1.54, 1.807) is 0 Å². The fourth-order valence-corrected chi connectivity index (χ4v) is 1.63. The Balaban J connectivity index is 2.60. The van der Waals surface area contributed by atoms with E-state index in [4.69, 9.17) is 4.74 Å². The highest BCUT2D eigenvalue weighted by Crippen LogP contribution is 2.15. The molecule has 0 unspecified atom stereocenters. The third-order valence-corrected chi connectivity index (χ3v) is 2.25. The molecule has 0 spiro atoms. The Kier molecular flexibility index (Phi) is 2.35. The lowest BCUT2D eigenvalue weighted by molar-refractivity contribution is -0.645. The van der Waals surface area contributed by atoms with Crippen LogP contribution in [0.15, 0.2) is 36.5 Å². The quantitative estimate of drug-likeness (QED) is 0.657. The predicted octanol–water partition coefficient (Wildman–Crippen LogP) is 2.06. The van der Waals surface area contributed by atoms with E-state index in [0.29, 0.717) is 6.61 Å². The number of aromatic nitrogens is 1. The predicted molar refractivity (Wildman–Crippen MR) is 56.3 cm³/mol. The van der Waals surface area contributed by atoms with Crippen LogP contribution >= 0.6 is 0 Å². The largest absolute Gasteiger partial charge is 0.488 e. The maximum absolute atomic E-state index is 5.47. The van der Waals surface area contributed by atoms with Crippen molar-refractivity contribution in [1.29, 1.82) is 0 Å². The van der Waals surface area contributed by atoms with Crippen molar-refractivity contribution in [3.05, 3.63) is 36.5 Å². The van der Waals surface area contributed by atoms with Crippen LogP contribution in [0.4, 0.5) is 0 Å². The van der Waals surface area contributed by atoms with Gasteiger partial charge in [-0.05, 0) is 13.0 Å². The van der Waals surface area contributed by atoms with Gasteiger partial charge in [-0.2, -0.15) is 4.57 Å². The molecule has 0 aliphatic rings. The molecule has 0 N–H and O–H groups in total. The summed E-state index contributed by atoms with van der Waals surface area (Å²) in [4.78, 5) is 0. The minimum Gasteiger partial charge on any atom is -0.488 e. The number of para-hydroxylation sites is 1. The molecule has 0 atom stereocenters. The zero-order chi connectivity index (χ0) is 9.97. The van der Waals surface area contributed by atoms with Crippen LogP contribution in [0, 0.1) is 0 Å². The highest BCUT2D eigenvalue weighted by molar-refractivity contribution is 5.76. The Morgan fingerprint density at radius 1 is 1.29 bits per heavy atom. The van der Waals surface area contributed by atoms with Crippen LogP contribution in [-0.2, 0) is 7.05 Å². The van der Waals surface area contributed by atoms with Gasteiger partial charge in [0.05, 0.1) is 12.0 Å². The number of hydrogen-bond acceptors (Lipinski definition) is 1. The number of benzene rings is 1. The van der Waals surface area contributed by atoms with Gasteiger partial charge in [0.25, 0.3) is 0 Å². The first-order valence-electron chi connectivity index (χ1n) is 4.82. The van der Waals surface area contributed by atoms with Crippen molar-refractivity contribution in [3.8, 4) is 5.75 Å². The Labute approximate surface area is 83.8 Å². The number of hydrogen-bond donors (Lipinski definition) is 0. The van der Waals surface area contributed by atoms with E-state index in [0.717, 1.165) is 5.75 Å². The first-order chi connectivity index (χ1) is 6.81. The second-order valence-electron chi connectivity index (χ2n) is 3.28. The number of rotatable bonds is 2. The fourth-order valence-electron chi connectivity index (χ4n) is 1.63. The molecule has 1 aromatic heterocycles. The van der Waals surface area contributed by atoms with Gasteiger partial charge in [-0.15, -0.1) is 0 Å². The Bertz CT molecular complexity index is 451. The summed E-state index contributed by atoms with van der Waals surface area (Å²) in [5.74, 6) is 0.925. The minimum absolute atomic E-state index is 0.707. The second-order valence-corrected chi connectivity index (χ2v) is 3.28. The Hall–Kier alpha value is -1.57. The summed E-state index contributed by atoms with van der Waals surface area (Å²) in [6.07, 6.45) is 2.01. The summed E-state index contributed by atoms with van der Waals surface area (Å²) < 4.78 is 7.56. The maximum atomic E-state index is 5.47. The van der Waals surface area contributed by atoms with Crippen LogP contribution in [0.1, 0.15) is 6.92 Å². The van der Waals surface area contributed by atoms with Crippen LogP contribution in [-0.4, -0.2) is 6.61 Å². The summed E-state index contributed by atoms with van der Waals surface area (Å²) in [5.41, 5.74) is 1.22. The van der Waals surface area contributed by atoms with E-state index < -0.39 is 0 Å². The fraction of sp³-hybridized carbons (Fsp3) is 0.250. The standard InChI is InChI=1S/C12H14NO/c1-3-14-11-8-10-6-4-5-7-12(10)13(2)9-11/h4-9H,3H2,1-2H3/q+1. The summed E-state index contributed by atoms with van der Waals surface area (Å²) in [5, 5.41) is 1.21. The normalized spacial score (nSPS) is 10.4. The van der Waals surface area contributed by atoms with Crippen molar-refractivity contribution < 1.29 is 9.30 Å². The molecule has 2 heteroatoms. The van der Waals surface area contributed by atoms with Gasteiger partial charge in [-0.3, -0.25) is 0 Å². The van der Waals surface area contributed by atoms with Crippen molar-refractivity contribution >= 4 is 10.9 Å². The third-order valence-electron chi connectivity index (χ3n) is 2.25. The molecule has 0 aliphatic heterocycles. The van der Waals surface area contributed by atoms with Crippen molar-refractivity contribution in [2.24, 2.45) is 7.05 Å². The number of pyridine rings is 1. The smallest absolute Gasteiger partial charge is 0.212 e. The first kappa shape index (κ1) is 9.00. The van der Waals surface area contributed by atoms with E-state index in [-0.39, 0.29) is 0 Å². The zero-order valence-electron chi connectivity index (χ0n) is 8.53. The summed E-state index contributed by atoms with van der Waals surface area (Å²) in [7, 11) is 2.03. The molecule has 0 bridgehead atoms. The summed E-state index contributed by atoms with van der Waals surface area (Å²) >= 11 is 0. The van der Waals surface area contributed by atoms with Crippen LogP contribution in [0.2, 0.25) is 0 Å². The molecule has 0 amide bonds. The van der Waals surface area contributed by atoms with Crippen LogP contribution < -0.4 is 9.30 Å². The first-order valence-corrected chi connectivity index (χ1v) is 4.82. The van der Waals surface area contributed by atoms with Crippen LogP contribution in [0.3, 0.4) is 0 Å². The van der Waals surface area contributed by atoms with Gasteiger partial charge in [0.2, 0.25) is 11.7 Å². The number of aryl methyl sites for hydroxylation is 1. The van der Waals surface area contributed by atoms with E-state index in [1.807, 2.05) is 32.3 Å². The lowest BCUT2D eigenvalue weighted by atomic mass is 10.2. The third kappa shape index (κ3) is 1.55. The highest BCUT2D eigenvalue weighted by Gasteiger charge is 2.06. The molecule has 2 aromatic rings. The van der Waals surface area contributed by atoms with Crippen LogP contribution in [0.25, 0.3) is 10.9 Å². The highest BCUT2D eigenvalue weighted by atomic mass is 16.5. The molecule has 0 radical (unpaired) electrons. The number of ether oxygens (including phenoxy) is 1. The second kappa shape index (κ2) is 3.66. The lowest BCUT2D eigenvalue weighted by Crippen LogP contribution is -2.28. The molecule has 14 heavy (non-hydrogen) atoms. The lowest BCUT2D eigenvalue weighted by Gasteiger charge is -2.02. The molecule has 1 aromatic carbocycles. The van der Waals surface area contributed by atoms with Gasteiger partial charge in [0.1, 0.15) is 7.05 Å². The van der Waals surface area contributed by atoms with Crippen molar-refractivity contribution in [2.75, 3.05) is 6.61 Å². The summed E-state index contributed by atoms with van der Waals surface area (Å²) in [6.45, 7) is 2.70. The van der Waals surface area contributed by atoms with Gasteiger partial charge in [-0.1, -0.05) is 12.1 Å². The molecule has 0 fully saturated rings. The van der Waals surface area contributed by atoms with Gasteiger partial charge in [0.15, 0.2) is 5.75 Å². The van der Waals surface area contributed by atoms with Crippen molar-refractivity contribution in [2.45, 2.75) is 6.92 Å². The Morgan fingerprint density at radius 3 is 2.86 bits per heavy atom. The van der Waals surface area contributed by atoms with Gasteiger partial charge in [-0.25, -0.2) is 0 Å². The average Bonchev–Trinajstić information content (AvgIpc) is 2.18. The molecule has 72 valence electrons. The molecular weight excluding hydrogens is 174 g/mol. The Morgan fingerprint density at radius 2 is 2.07 bits per heavy atom. The maximum Gasteiger partial charge on any atom is 0.212 e. The van der Waals surface area contributed by atoms with Crippen LogP contribution in [0.5, 0.6) is 5.75 Å². The SMILES string of the molecule is CCOc1cc2ccccc2[n+](C)c1. The van der Waals surface area contributed by atoms with Gasteiger partial charge >= 0.3 is 0 Å². The zero-order valence-corrected chi connectivity index (χ0v) is 8.53. The number of nitrogens with zero attached hydrogens (tertiary/aromatic N) is 1. The molecule has 0 aliphatic carbocycles. The van der Waals surface area contributed by atoms with E-state index in [9.17, 15) is 0 Å². The minimum atomic E-state index is 0.707.